The van der Waals surface area contributed by atoms with Gasteiger partial charge in [-0.15, -0.1) is 0 Å². The first kappa shape index (κ1) is 30.8. The van der Waals surface area contributed by atoms with Crippen molar-refractivity contribution in [2.75, 3.05) is 0 Å². The van der Waals surface area contributed by atoms with Gasteiger partial charge in [0.05, 0.1) is 12.2 Å². The number of ether oxygens (including phenoxy) is 2. The van der Waals surface area contributed by atoms with Crippen molar-refractivity contribution in [3.8, 4) is 0 Å². The van der Waals surface area contributed by atoms with Crippen LogP contribution in [0.4, 0.5) is 0 Å². The number of halogens is 2. The Balaban J connectivity index is 1.44. The van der Waals surface area contributed by atoms with Crippen molar-refractivity contribution in [1.82, 2.24) is 0 Å². The van der Waals surface area contributed by atoms with Crippen molar-refractivity contribution in [2.45, 2.75) is 53.8 Å². The van der Waals surface area contributed by atoms with Gasteiger partial charge in [0.2, 0.25) is 0 Å². The third-order valence-electron chi connectivity index (χ3n) is 7.71. The van der Waals surface area contributed by atoms with Gasteiger partial charge in [0.25, 0.3) is 0 Å². The van der Waals surface area contributed by atoms with E-state index in [1.807, 2.05) is 85.0 Å². The molecule has 5 rings (SSSR count). The van der Waals surface area contributed by atoms with Crippen LogP contribution in [0.15, 0.2) is 117 Å². The van der Waals surface area contributed by atoms with E-state index < -0.39 is 24.0 Å². The van der Waals surface area contributed by atoms with Crippen molar-refractivity contribution >= 4 is 43.4 Å². The molecule has 220 valence electrons. The van der Waals surface area contributed by atoms with E-state index in [9.17, 15) is 10.2 Å². The molecule has 1 fully saturated rings. The van der Waals surface area contributed by atoms with Gasteiger partial charge in [0.1, 0.15) is 23.0 Å². The van der Waals surface area contributed by atoms with Crippen LogP contribution in [0, 0.1) is 22.7 Å². The highest BCUT2D eigenvalue weighted by Gasteiger charge is 2.47. The summed E-state index contributed by atoms with van der Waals surface area (Å²) < 4.78 is 14.6. The topological polar surface area (TPSA) is 58.9 Å². The Labute approximate surface area is 266 Å². The third kappa shape index (κ3) is 6.78. The third-order valence-corrected chi connectivity index (χ3v) is 8.77. The van der Waals surface area contributed by atoms with Crippen molar-refractivity contribution in [1.29, 1.82) is 0 Å². The molecule has 0 atom stereocenters. The van der Waals surface area contributed by atoms with Crippen LogP contribution in [-0.2, 0) is 9.47 Å². The summed E-state index contributed by atoms with van der Waals surface area (Å²) in [6.45, 7) is 12.7. The van der Waals surface area contributed by atoms with Crippen molar-refractivity contribution in [3.63, 3.8) is 0 Å². The number of rotatable bonds is 4. The lowest BCUT2D eigenvalue weighted by Crippen LogP contribution is -2.53. The number of hydrogen-bond acceptors (Lipinski definition) is 4. The number of hydrogen-bond donors (Lipinski definition) is 2. The molecule has 2 N–H and O–H groups in total. The molecular formula is C36H38Br2O4. The average molecular weight is 695 g/mol. The molecule has 4 nitrogen and oxygen atoms in total. The van der Waals surface area contributed by atoms with Crippen molar-refractivity contribution in [3.05, 3.63) is 128 Å². The zero-order chi connectivity index (χ0) is 30.4. The first-order chi connectivity index (χ1) is 19.7. The molecule has 2 aromatic rings. The standard InChI is InChI=1S/C36H38Br2O4/c1-35(2,3)31-19-21(17-29(41-31)23-7-11-25(37)12-8-23)15-27-33(39)28(34(27)40)16-22-18-30(24-9-13-26(38)14-10-24)42-32(20-22)36(4,5)6/h7-20,27-28,33-34,39-40H,1-6H3/b21-15+,22-16+. The maximum atomic E-state index is 11.3. The second kappa shape index (κ2) is 11.8. The second-order valence-corrected chi connectivity index (χ2v) is 15.1. The molecule has 1 saturated carbocycles. The van der Waals surface area contributed by atoms with E-state index in [4.69, 9.17) is 9.47 Å². The normalized spacial score (nSPS) is 26.4. The SMILES string of the molecule is CC(C)(C)C1=C/C(=C/C2C(O)C(/C=C3\C=C(c4ccc(Br)cc4)OC(C(C)(C)C)=C3)C2O)C=C(c2ccc(Br)cc2)O1. The van der Waals surface area contributed by atoms with Crippen LogP contribution in [0.3, 0.4) is 0 Å². The fourth-order valence-corrected chi connectivity index (χ4v) is 5.63. The summed E-state index contributed by atoms with van der Waals surface area (Å²) >= 11 is 7.00. The van der Waals surface area contributed by atoms with Crippen molar-refractivity contribution in [2.24, 2.45) is 22.7 Å². The van der Waals surface area contributed by atoms with E-state index in [1.165, 1.54) is 0 Å². The van der Waals surface area contributed by atoms with Crippen LogP contribution >= 0.6 is 31.9 Å². The zero-order valence-corrected chi connectivity index (χ0v) is 28.0. The van der Waals surface area contributed by atoms with Gasteiger partial charge in [-0.1, -0.05) is 110 Å². The lowest BCUT2D eigenvalue weighted by atomic mass is 9.67. The van der Waals surface area contributed by atoms with Crippen LogP contribution in [0.1, 0.15) is 52.7 Å². The Bertz CT molecular complexity index is 1400. The molecule has 0 aromatic heterocycles. The predicted octanol–water partition coefficient (Wildman–Crippen LogP) is 9.33. The monoisotopic (exact) mass is 692 g/mol. The summed E-state index contributed by atoms with van der Waals surface area (Å²) in [5, 5.41) is 22.5. The molecule has 2 aromatic carbocycles. The van der Waals surface area contributed by atoms with E-state index in [0.717, 1.165) is 54.3 Å². The van der Waals surface area contributed by atoms with Gasteiger partial charge in [0.15, 0.2) is 0 Å². The summed E-state index contributed by atoms with van der Waals surface area (Å²) in [6.07, 6.45) is 10.5. The molecule has 0 bridgehead atoms. The maximum absolute atomic E-state index is 11.3. The van der Waals surface area contributed by atoms with Crippen LogP contribution in [0.25, 0.3) is 11.5 Å². The van der Waals surface area contributed by atoms with Gasteiger partial charge in [-0.25, -0.2) is 0 Å². The largest absolute Gasteiger partial charge is 0.461 e. The van der Waals surface area contributed by atoms with Crippen LogP contribution in [0.2, 0.25) is 0 Å². The Hall–Kier alpha value is -2.64. The van der Waals surface area contributed by atoms with Gasteiger partial charge in [-0.3, -0.25) is 0 Å². The van der Waals surface area contributed by atoms with Crippen LogP contribution in [0.5, 0.6) is 0 Å². The molecule has 0 spiro atoms. The average Bonchev–Trinajstić information content (AvgIpc) is 2.94. The maximum Gasteiger partial charge on any atom is 0.134 e. The molecule has 1 aliphatic carbocycles. The number of allylic oxidation sites excluding steroid dienone is 8. The Kier molecular flexibility index (Phi) is 8.66. The van der Waals surface area contributed by atoms with Gasteiger partial charge in [-0.05, 0) is 59.7 Å². The Morgan fingerprint density at radius 3 is 1.21 bits per heavy atom. The zero-order valence-electron chi connectivity index (χ0n) is 24.9. The molecule has 42 heavy (non-hydrogen) atoms. The first-order valence-corrected chi connectivity index (χ1v) is 15.8. The van der Waals surface area contributed by atoms with Gasteiger partial charge < -0.3 is 19.7 Å². The van der Waals surface area contributed by atoms with Gasteiger partial charge in [-0.2, -0.15) is 0 Å². The molecule has 0 radical (unpaired) electrons. The van der Waals surface area contributed by atoms with Crippen LogP contribution in [-0.4, -0.2) is 22.4 Å². The summed E-state index contributed by atoms with van der Waals surface area (Å²) in [6, 6.07) is 16.0. The van der Waals surface area contributed by atoms with E-state index in [-0.39, 0.29) is 10.8 Å². The Morgan fingerprint density at radius 2 is 0.905 bits per heavy atom. The lowest BCUT2D eigenvalue weighted by Gasteiger charge is -2.44. The quantitative estimate of drug-likeness (QED) is 0.335. The minimum Gasteiger partial charge on any atom is -0.461 e. The summed E-state index contributed by atoms with van der Waals surface area (Å²) in [4.78, 5) is 0. The highest BCUT2D eigenvalue weighted by molar-refractivity contribution is 9.10. The fraction of sp³-hybridized carbons (Fsp3) is 0.333. The number of aliphatic hydroxyl groups is 2. The smallest absolute Gasteiger partial charge is 0.134 e. The highest BCUT2D eigenvalue weighted by Crippen LogP contribution is 2.43. The first-order valence-electron chi connectivity index (χ1n) is 14.2. The van der Waals surface area contributed by atoms with Gasteiger partial charge in [0, 0.05) is 42.7 Å². The van der Waals surface area contributed by atoms with Gasteiger partial charge >= 0.3 is 0 Å². The lowest BCUT2D eigenvalue weighted by molar-refractivity contribution is -0.110. The fourth-order valence-electron chi connectivity index (χ4n) is 5.10. The van der Waals surface area contributed by atoms with Crippen LogP contribution < -0.4 is 0 Å². The molecule has 2 heterocycles. The van der Waals surface area contributed by atoms with E-state index in [2.05, 4.69) is 73.4 Å². The molecular weight excluding hydrogens is 656 g/mol. The highest BCUT2D eigenvalue weighted by atomic mass is 79.9. The minimum absolute atomic E-state index is 0.212. The molecule has 2 aliphatic heterocycles. The van der Waals surface area contributed by atoms with E-state index >= 15 is 0 Å². The Morgan fingerprint density at radius 1 is 0.571 bits per heavy atom. The molecule has 0 unspecified atom stereocenters. The minimum atomic E-state index is -0.724. The molecule has 3 aliphatic rings. The van der Waals surface area contributed by atoms with E-state index in [0.29, 0.717) is 0 Å². The second-order valence-electron chi connectivity index (χ2n) is 13.2. The summed E-state index contributed by atoms with van der Waals surface area (Å²) in [5.74, 6) is 2.36. The number of benzene rings is 2. The molecule has 6 heteroatoms. The predicted molar refractivity (Wildman–Crippen MR) is 177 cm³/mol. The molecule has 0 saturated heterocycles. The van der Waals surface area contributed by atoms with E-state index in [1.54, 1.807) is 0 Å². The summed E-state index contributed by atoms with van der Waals surface area (Å²) in [5.41, 5.74) is 3.33. The van der Waals surface area contributed by atoms with Crippen molar-refractivity contribution < 1.29 is 19.7 Å². The number of aliphatic hydroxyl groups excluding tert-OH is 2. The molecule has 0 amide bonds. The summed E-state index contributed by atoms with van der Waals surface area (Å²) in [7, 11) is 0.